The number of hydrogen-bond donors (Lipinski definition) is 3. The lowest BCUT2D eigenvalue weighted by atomic mass is 10.2. The molecule has 0 atom stereocenters. The number of benzene rings is 2. The van der Waals surface area contributed by atoms with Gasteiger partial charge in [-0.3, -0.25) is 4.72 Å². The van der Waals surface area contributed by atoms with E-state index in [0.29, 0.717) is 22.3 Å². The number of methoxy groups -OCH3 is 1. The highest BCUT2D eigenvalue weighted by molar-refractivity contribution is 7.92. The summed E-state index contributed by atoms with van der Waals surface area (Å²) in [6.07, 6.45) is 0. The van der Waals surface area contributed by atoms with Crippen LogP contribution >= 0.6 is 0 Å². The van der Waals surface area contributed by atoms with Crippen molar-refractivity contribution < 1.29 is 13.2 Å². The zero-order chi connectivity index (χ0) is 17.5. The lowest BCUT2D eigenvalue weighted by molar-refractivity contribution is 0.402. The number of H-pyrrole nitrogens is 2. The smallest absolute Gasteiger partial charge is 0.323 e. The summed E-state index contributed by atoms with van der Waals surface area (Å²) in [5.41, 5.74) is 2.69. The van der Waals surface area contributed by atoms with E-state index in [1.807, 2.05) is 0 Å². The first-order valence-electron chi connectivity index (χ1n) is 7.20. The van der Waals surface area contributed by atoms with Crippen LogP contribution in [0.15, 0.2) is 40.0 Å². The average molecular weight is 347 g/mol. The van der Waals surface area contributed by atoms with Gasteiger partial charge in [0.25, 0.3) is 10.0 Å². The molecule has 8 heteroatoms. The van der Waals surface area contributed by atoms with Crippen molar-refractivity contribution in [3.05, 3.63) is 51.9 Å². The molecular weight excluding hydrogens is 330 g/mol. The van der Waals surface area contributed by atoms with Gasteiger partial charge in [0.1, 0.15) is 10.6 Å². The number of fused-ring (bicyclic) bond motifs is 1. The summed E-state index contributed by atoms with van der Waals surface area (Å²) in [6.45, 7) is 3.57. The second-order valence-electron chi connectivity index (χ2n) is 5.55. The van der Waals surface area contributed by atoms with Crippen molar-refractivity contribution >= 4 is 26.7 Å². The minimum atomic E-state index is -3.84. The monoisotopic (exact) mass is 347 g/mol. The van der Waals surface area contributed by atoms with Crippen molar-refractivity contribution in [2.75, 3.05) is 11.8 Å². The Hall–Kier alpha value is -2.74. The van der Waals surface area contributed by atoms with E-state index in [1.165, 1.54) is 7.11 Å². The quantitative estimate of drug-likeness (QED) is 0.673. The number of aromatic nitrogens is 2. The lowest BCUT2D eigenvalue weighted by Gasteiger charge is -2.14. The fraction of sp³-hybridized carbons (Fsp3) is 0.188. The van der Waals surface area contributed by atoms with Crippen molar-refractivity contribution in [2.45, 2.75) is 18.7 Å². The number of imidazole rings is 1. The molecule has 3 rings (SSSR count). The van der Waals surface area contributed by atoms with Gasteiger partial charge in [-0.05, 0) is 49.2 Å². The van der Waals surface area contributed by atoms with Crippen LogP contribution in [-0.2, 0) is 10.0 Å². The van der Waals surface area contributed by atoms with E-state index in [4.69, 9.17) is 4.74 Å². The predicted molar refractivity (Wildman–Crippen MR) is 92.2 cm³/mol. The summed E-state index contributed by atoms with van der Waals surface area (Å²) in [7, 11) is -2.42. The standard InChI is InChI=1S/C16H17N3O4S/c1-9-4-5-14(23-3)15(6-9)24(21,22)19-11-8-13-12(7-10(11)2)17-16(20)18-13/h4-8,19H,1-3H3,(H2,17,18,20). The summed E-state index contributed by atoms with van der Waals surface area (Å²) in [4.78, 5) is 16.7. The van der Waals surface area contributed by atoms with Gasteiger partial charge in [0.2, 0.25) is 0 Å². The third-order valence-corrected chi connectivity index (χ3v) is 5.10. The predicted octanol–water partition coefficient (Wildman–Crippen LogP) is 2.28. The second kappa shape index (κ2) is 5.72. The van der Waals surface area contributed by atoms with Crippen molar-refractivity contribution in [1.82, 2.24) is 9.97 Å². The molecule has 0 aliphatic rings. The van der Waals surface area contributed by atoms with Crippen LogP contribution in [0.25, 0.3) is 11.0 Å². The normalized spacial score (nSPS) is 11.6. The number of rotatable bonds is 4. The number of hydrogen-bond acceptors (Lipinski definition) is 4. The van der Waals surface area contributed by atoms with Crippen LogP contribution < -0.4 is 15.1 Å². The Bertz CT molecular complexity index is 1080. The SMILES string of the molecule is COc1ccc(C)cc1S(=O)(=O)Nc1cc2[nH]c(=O)[nH]c2cc1C. The minimum Gasteiger partial charge on any atom is -0.495 e. The van der Waals surface area contributed by atoms with Crippen LogP contribution in [0.1, 0.15) is 11.1 Å². The highest BCUT2D eigenvalue weighted by Crippen LogP contribution is 2.28. The van der Waals surface area contributed by atoms with Gasteiger partial charge >= 0.3 is 5.69 Å². The second-order valence-corrected chi connectivity index (χ2v) is 7.20. The van der Waals surface area contributed by atoms with E-state index in [0.717, 1.165) is 5.56 Å². The summed E-state index contributed by atoms with van der Waals surface area (Å²) < 4.78 is 33.2. The molecule has 0 aliphatic carbocycles. The van der Waals surface area contributed by atoms with E-state index in [2.05, 4.69) is 14.7 Å². The molecule has 1 heterocycles. The van der Waals surface area contributed by atoms with Gasteiger partial charge in [0.15, 0.2) is 0 Å². The topological polar surface area (TPSA) is 104 Å². The molecule has 0 bridgehead atoms. The molecule has 3 N–H and O–H groups in total. The molecule has 0 amide bonds. The van der Waals surface area contributed by atoms with Gasteiger partial charge < -0.3 is 14.7 Å². The fourth-order valence-electron chi connectivity index (χ4n) is 2.49. The Morgan fingerprint density at radius 2 is 1.71 bits per heavy atom. The van der Waals surface area contributed by atoms with Gasteiger partial charge in [-0.25, -0.2) is 13.2 Å². The molecule has 2 aromatic carbocycles. The lowest BCUT2D eigenvalue weighted by Crippen LogP contribution is -2.15. The van der Waals surface area contributed by atoms with Gasteiger partial charge in [0.05, 0.1) is 23.8 Å². The number of anilines is 1. The molecule has 0 aliphatic heterocycles. The highest BCUT2D eigenvalue weighted by atomic mass is 32.2. The van der Waals surface area contributed by atoms with E-state index in [1.54, 1.807) is 44.2 Å². The van der Waals surface area contributed by atoms with E-state index in [-0.39, 0.29) is 16.3 Å². The first-order valence-corrected chi connectivity index (χ1v) is 8.68. The Morgan fingerprint density at radius 1 is 1.04 bits per heavy atom. The fourth-order valence-corrected chi connectivity index (χ4v) is 3.87. The number of nitrogens with one attached hydrogen (secondary N) is 3. The van der Waals surface area contributed by atoms with Crippen LogP contribution in [0.5, 0.6) is 5.75 Å². The Morgan fingerprint density at radius 3 is 2.38 bits per heavy atom. The van der Waals surface area contributed by atoms with Crippen molar-refractivity contribution in [1.29, 1.82) is 0 Å². The number of aryl methyl sites for hydroxylation is 2. The van der Waals surface area contributed by atoms with E-state index in [9.17, 15) is 13.2 Å². The Labute approximate surface area is 138 Å². The van der Waals surface area contributed by atoms with Crippen molar-refractivity contribution in [3.8, 4) is 5.75 Å². The average Bonchev–Trinajstić information content (AvgIpc) is 2.86. The number of sulfonamides is 1. The van der Waals surface area contributed by atoms with Gasteiger partial charge in [0, 0.05) is 0 Å². The molecule has 0 radical (unpaired) electrons. The summed E-state index contributed by atoms with van der Waals surface area (Å²) in [6, 6.07) is 8.23. The number of aromatic amines is 2. The maximum absolute atomic E-state index is 12.8. The Balaban J connectivity index is 2.08. The van der Waals surface area contributed by atoms with Gasteiger partial charge in [-0.15, -0.1) is 0 Å². The van der Waals surface area contributed by atoms with E-state index >= 15 is 0 Å². The largest absolute Gasteiger partial charge is 0.495 e. The third-order valence-electron chi connectivity index (χ3n) is 3.71. The molecule has 126 valence electrons. The summed E-state index contributed by atoms with van der Waals surface area (Å²) >= 11 is 0. The first-order chi connectivity index (χ1) is 11.3. The molecule has 0 fully saturated rings. The molecule has 24 heavy (non-hydrogen) atoms. The van der Waals surface area contributed by atoms with Crippen LogP contribution in [-0.4, -0.2) is 25.5 Å². The molecule has 0 saturated heterocycles. The van der Waals surface area contributed by atoms with Crippen LogP contribution in [0.3, 0.4) is 0 Å². The maximum Gasteiger partial charge on any atom is 0.323 e. The first kappa shape index (κ1) is 16.1. The van der Waals surface area contributed by atoms with Crippen molar-refractivity contribution in [2.24, 2.45) is 0 Å². The molecule has 3 aromatic rings. The van der Waals surface area contributed by atoms with Crippen molar-refractivity contribution in [3.63, 3.8) is 0 Å². The zero-order valence-electron chi connectivity index (χ0n) is 13.4. The third kappa shape index (κ3) is 2.88. The zero-order valence-corrected chi connectivity index (χ0v) is 14.2. The minimum absolute atomic E-state index is 0.0621. The Kier molecular flexibility index (Phi) is 3.84. The molecule has 0 unspecified atom stereocenters. The maximum atomic E-state index is 12.8. The highest BCUT2D eigenvalue weighted by Gasteiger charge is 2.21. The van der Waals surface area contributed by atoms with Crippen LogP contribution in [0.4, 0.5) is 5.69 Å². The van der Waals surface area contributed by atoms with Crippen LogP contribution in [0.2, 0.25) is 0 Å². The summed E-state index contributed by atoms with van der Waals surface area (Å²) in [5.74, 6) is 0.266. The van der Waals surface area contributed by atoms with Gasteiger partial charge in [-0.2, -0.15) is 0 Å². The van der Waals surface area contributed by atoms with E-state index < -0.39 is 10.0 Å². The summed E-state index contributed by atoms with van der Waals surface area (Å²) in [5, 5.41) is 0. The molecule has 1 aromatic heterocycles. The molecule has 0 spiro atoms. The number of ether oxygens (including phenoxy) is 1. The van der Waals surface area contributed by atoms with Gasteiger partial charge in [-0.1, -0.05) is 6.07 Å². The molecular formula is C16H17N3O4S. The van der Waals surface area contributed by atoms with Crippen LogP contribution in [0, 0.1) is 13.8 Å². The molecule has 7 nitrogen and oxygen atoms in total. The molecule has 0 saturated carbocycles.